The topological polar surface area (TPSA) is 12.9 Å². The number of nitrogens with zero attached hydrogens (tertiary/aromatic N) is 1. The molecule has 0 aromatic carbocycles. The summed E-state index contributed by atoms with van der Waals surface area (Å²) >= 11 is 5.79. The maximum Gasteiger partial charge on any atom is 0.0589 e. The fourth-order valence-corrected chi connectivity index (χ4v) is 2.14. The third-order valence-corrected chi connectivity index (χ3v) is 3.00. The predicted octanol–water partition coefficient (Wildman–Crippen LogP) is 3.78. The van der Waals surface area contributed by atoms with Gasteiger partial charge in [-0.25, -0.2) is 0 Å². The minimum atomic E-state index is 0.686. The first-order chi connectivity index (χ1) is 6.36. The smallest absolute Gasteiger partial charge is 0.0589 e. The minimum absolute atomic E-state index is 0.686. The quantitative estimate of drug-likeness (QED) is 0.665. The summed E-state index contributed by atoms with van der Waals surface area (Å²) in [6.07, 6.45) is 8.46. The minimum Gasteiger partial charge on any atom is -0.259 e. The monoisotopic (exact) mass is 195 g/mol. The summed E-state index contributed by atoms with van der Waals surface area (Å²) in [5.74, 6) is 0.686. The molecule has 1 aromatic rings. The Morgan fingerprint density at radius 1 is 1.15 bits per heavy atom. The van der Waals surface area contributed by atoms with Crippen molar-refractivity contribution in [1.82, 2.24) is 4.98 Å². The zero-order chi connectivity index (χ0) is 9.10. The van der Waals surface area contributed by atoms with Crippen molar-refractivity contribution < 1.29 is 0 Å². The van der Waals surface area contributed by atoms with Crippen molar-refractivity contribution in [2.75, 3.05) is 0 Å². The van der Waals surface area contributed by atoms with E-state index in [2.05, 4.69) is 11.1 Å². The van der Waals surface area contributed by atoms with Gasteiger partial charge in [0.2, 0.25) is 0 Å². The Labute approximate surface area is 84.1 Å². The largest absolute Gasteiger partial charge is 0.259 e. The average Bonchev–Trinajstić information content (AvgIpc) is 2.20. The zero-order valence-electron chi connectivity index (χ0n) is 7.67. The van der Waals surface area contributed by atoms with Crippen LogP contribution < -0.4 is 0 Å². The summed E-state index contributed by atoms with van der Waals surface area (Å²) in [4.78, 5) is 4.37. The highest BCUT2D eigenvalue weighted by molar-refractivity contribution is 6.30. The van der Waals surface area contributed by atoms with Crippen molar-refractivity contribution in [2.24, 2.45) is 0 Å². The van der Waals surface area contributed by atoms with E-state index in [1.165, 1.54) is 37.8 Å². The molecule has 0 atom stereocenters. The fourth-order valence-electron chi connectivity index (χ4n) is 2.03. The summed E-state index contributed by atoms with van der Waals surface area (Å²) in [5.41, 5.74) is 1.23. The molecule has 1 heterocycles. The summed E-state index contributed by atoms with van der Waals surface area (Å²) in [6, 6.07) is 4.01. The number of hydrogen-bond donors (Lipinski definition) is 0. The molecular formula is C11H14ClN. The predicted molar refractivity (Wildman–Crippen MR) is 55.1 cm³/mol. The fraction of sp³-hybridized carbons (Fsp3) is 0.545. The van der Waals surface area contributed by atoms with Gasteiger partial charge in [0, 0.05) is 17.8 Å². The lowest BCUT2D eigenvalue weighted by molar-refractivity contribution is 0.437. The van der Waals surface area contributed by atoms with Crippen LogP contribution in [-0.4, -0.2) is 4.98 Å². The highest BCUT2D eigenvalue weighted by Gasteiger charge is 2.15. The number of hydrogen-bond acceptors (Lipinski definition) is 1. The lowest BCUT2D eigenvalue weighted by atomic mass is 9.87. The van der Waals surface area contributed by atoms with Crippen molar-refractivity contribution in [3.05, 3.63) is 29.0 Å². The molecule has 1 aliphatic rings. The van der Waals surface area contributed by atoms with Gasteiger partial charge in [-0.3, -0.25) is 4.98 Å². The van der Waals surface area contributed by atoms with Crippen molar-refractivity contribution in [1.29, 1.82) is 0 Å². The first-order valence-electron chi connectivity index (χ1n) is 4.98. The zero-order valence-corrected chi connectivity index (χ0v) is 8.43. The van der Waals surface area contributed by atoms with Crippen LogP contribution in [0.4, 0.5) is 0 Å². The molecule has 70 valence electrons. The third kappa shape index (κ3) is 2.22. The second-order valence-electron chi connectivity index (χ2n) is 3.74. The molecule has 1 aliphatic carbocycles. The van der Waals surface area contributed by atoms with Crippen LogP contribution in [0.25, 0.3) is 0 Å². The Morgan fingerprint density at radius 2 is 1.92 bits per heavy atom. The van der Waals surface area contributed by atoms with E-state index in [0.717, 1.165) is 5.02 Å². The highest BCUT2D eigenvalue weighted by atomic mass is 35.5. The summed E-state index contributed by atoms with van der Waals surface area (Å²) < 4.78 is 0. The van der Waals surface area contributed by atoms with E-state index in [0.29, 0.717) is 5.92 Å². The Bertz CT molecular complexity index is 262. The lowest BCUT2D eigenvalue weighted by Crippen LogP contribution is -2.05. The molecule has 2 heteroatoms. The van der Waals surface area contributed by atoms with Crippen molar-refractivity contribution >= 4 is 11.6 Å². The van der Waals surface area contributed by atoms with E-state index in [1.54, 1.807) is 6.20 Å². The molecule has 0 saturated heterocycles. The summed E-state index contributed by atoms with van der Waals surface area (Å²) in [7, 11) is 0. The molecule has 0 N–H and O–H groups in total. The van der Waals surface area contributed by atoms with Gasteiger partial charge in [-0.2, -0.15) is 0 Å². The molecule has 1 saturated carbocycles. The van der Waals surface area contributed by atoms with Crippen LogP contribution in [0.15, 0.2) is 18.3 Å². The van der Waals surface area contributed by atoms with Gasteiger partial charge < -0.3 is 0 Å². The van der Waals surface area contributed by atoms with Gasteiger partial charge in [0.1, 0.15) is 0 Å². The molecule has 1 aromatic heterocycles. The molecule has 0 aliphatic heterocycles. The molecule has 1 nitrogen and oxygen atoms in total. The second-order valence-corrected chi connectivity index (χ2v) is 4.17. The summed E-state index contributed by atoms with van der Waals surface area (Å²) in [6.45, 7) is 0. The average molecular weight is 196 g/mol. The first kappa shape index (κ1) is 9.01. The van der Waals surface area contributed by atoms with Crippen LogP contribution >= 0.6 is 11.6 Å². The standard InChI is InChI=1S/C11H14ClN/c12-10-6-7-11(13-8-10)9-4-2-1-3-5-9/h6-9H,1-5H2. The van der Waals surface area contributed by atoms with E-state index < -0.39 is 0 Å². The number of pyridine rings is 1. The van der Waals surface area contributed by atoms with Gasteiger partial charge >= 0.3 is 0 Å². The number of rotatable bonds is 1. The van der Waals surface area contributed by atoms with Gasteiger partial charge in [0.15, 0.2) is 0 Å². The highest BCUT2D eigenvalue weighted by Crippen LogP contribution is 2.31. The van der Waals surface area contributed by atoms with E-state index >= 15 is 0 Å². The maximum atomic E-state index is 5.79. The third-order valence-electron chi connectivity index (χ3n) is 2.77. The van der Waals surface area contributed by atoms with Crippen LogP contribution in [0.1, 0.15) is 43.7 Å². The summed E-state index contributed by atoms with van der Waals surface area (Å²) in [5, 5.41) is 0.736. The molecule has 0 radical (unpaired) electrons. The molecule has 0 spiro atoms. The van der Waals surface area contributed by atoms with E-state index in [-0.39, 0.29) is 0 Å². The Kier molecular flexibility index (Phi) is 2.84. The van der Waals surface area contributed by atoms with Gasteiger partial charge in [-0.1, -0.05) is 30.9 Å². The second kappa shape index (κ2) is 4.10. The van der Waals surface area contributed by atoms with Gasteiger partial charge in [-0.05, 0) is 25.0 Å². The Balaban J connectivity index is 2.10. The van der Waals surface area contributed by atoms with Crippen molar-refractivity contribution in [3.63, 3.8) is 0 Å². The molecule has 1 fully saturated rings. The van der Waals surface area contributed by atoms with E-state index in [4.69, 9.17) is 11.6 Å². The van der Waals surface area contributed by atoms with Crippen LogP contribution in [0.3, 0.4) is 0 Å². The molecule has 0 amide bonds. The SMILES string of the molecule is Clc1ccc(C2CCCCC2)nc1. The van der Waals surface area contributed by atoms with Crippen LogP contribution in [0, 0.1) is 0 Å². The number of halogens is 1. The maximum absolute atomic E-state index is 5.79. The Morgan fingerprint density at radius 3 is 2.54 bits per heavy atom. The number of aromatic nitrogens is 1. The van der Waals surface area contributed by atoms with Gasteiger partial charge in [0.25, 0.3) is 0 Å². The lowest BCUT2D eigenvalue weighted by Gasteiger charge is -2.20. The van der Waals surface area contributed by atoms with Crippen LogP contribution in [0.2, 0.25) is 5.02 Å². The Hall–Kier alpha value is -0.560. The normalized spacial score (nSPS) is 18.8. The molecule has 13 heavy (non-hydrogen) atoms. The molecule has 0 bridgehead atoms. The van der Waals surface area contributed by atoms with Crippen LogP contribution in [-0.2, 0) is 0 Å². The van der Waals surface area contributed by atoms with Crippen molar-refractivity contribution in [2.45, 2.75) is 38.0 Å². The van der Waals surface area contributed by atoms with E-state index in [9.17, 15) is 0 Å². The van der Waals surface area contributed by atoms with Gasteiger partial charge in [-0.15, -0.1) is 0 Å². The van der Waals surface area contributed by atoms with Crippen molar-refractivity contribution in [3.8, 4) is 0 Å². The van der Waals surface area contributed by atoms with Gasteiger partial charge in [0.05, 0.1) is 5.02 Å². The van der Waals surface area contributed by atoms with Crippen LogP contribution in [0.5, 0.6) is 0 Å². The molecule has 2 rings (SSSR count). The first-order valence-corrected chi connectivity index (χ1v) is 5.35. The van der Waals surface area contributed by atoms with E-state index in [1.807, 2.05) is 6.07 Å². The molecule has 0 unspecified atom stereocenters. The molecular weight excluding hydrogens is 182 g/mol.